The first-order valence-electron chi connectivity index (χ1n) is 13.1. The summed E-state index contributed by atoms with van der Waals surface area (Å²) in [5, 5.41) is 0. The van der Waals surface area contributed by atoms with E-state index in [0.29, 0.717) is 5.92 Å². The third kappa shape index (κ3) is 2.52. The van der Waals surface area contributed by atoms with Crippen LogP contribution in [0, 0.1) is 0 Å². The van der Waals surface area contributed by atoms with Crippen LogP contribution in [0.4, 0.5) is 0 Å². The molecule has 2 nitrogen and oxygen atoms in total. The van der Waals surface area contributed by atoms with E-state index in [9.17, 15) is 0 Å². The minimum Gasteiger partial charge on any atom is -0.294 e. The minimum absolute atomic E-state index is 0.451. The first-order valence-corrected chi connectivity index (χ1v) is 13.1. The predicted molar refractivity (Wildman–Crippen MR) is 151 cm³/mol. The van der Waals surface area contributed by atoms with E-state index in [-0.39, 0.29) is 0 Å². The van der Waals surface area contributed by atoms with Crippen LogP contribution in [0.25, 0.3) is 39.0 Å². The second-order valence-electron chi connectivity index (χ2n) is 10.6. The molecule has 0 unspecified atom stereocenters. The van der Waals surface area contributed by atoms with Crippen LogP contribution in [0.1, 0.15) is 47.8 Å². The molecule has 2 heteroatoms. The smallest absolute Gasteiger partial charge is 0.134 e. The van der Waals surface area contributed by atoms with Gasteiger partial charge in [-0.3, -0.25) is 4.57 Å². The molecule has 1 spiro atoms. The number of imidazole rings is 1. The summed E-state index contributed by atoms with van der Waals surface area (Å²) in [5.74, 6) is 1.56. The Hall–Kier alpha value is -4.43. The third-order valence-electron chi connectivity index (χ3n) is 8.38. The van der Waals surface area contributed by atoms with Gasteiger partial charge in [-0.05, 0) is 57.0 Å². The number of benzene rings is 5. The van der Waals surface area contributed by atoms with Gasteiger partial charge in [-0.25, -0.2) is 4.98 Å². The van der Waals surface area contributed by atoms with E-state index in [1.807, 2.05) is 0 Å². The third-order valence-corrected chi connectivity index (χ3v) is 8.38. The molecule has 6 aromatic rings. The second-order valence-corrected chi connectivity index (χ2v) is 10.6. The Bertz CT molecular complexity index is 1830. The van der Waals surface area contributed by atoms with Crippen molar-refractivity contribution in [1.29, 1.82) is 0 Å². The molecule has 0 saturated heterocycles. The van der Waals surface area contributed by atoms with Crippen molar-refractivity contribution in [1.82, 2.24) is 9.55 Å². The van der Waals surface area contributed by atoms with Gasteiger partial charge < -0.3 is 0 Å². The molecule has 0 saturated carbocycles. The summed E-state index contributed by atoms with van der Waals surface area (Å²) < 4.78 is 2.45. The number of hydrogen-bond donors (Lipinski definition) is 0. The summed E-state index contributed by atoms with van der Waals surface area (Å²) in [4.78, 5) is 5.38. The van der Waals surface area contributed by atoms with Crippen LogP contribution >= 0.6 is 0 Å². The van der Waals surface area contributed by atoms with E-state index in [1.54, 1.807) is 0 Å². The van der Waals surface area contributed by atoms with Crippen LogP contribution in [0.2, 0.25) is 0 Å². The van der Waals surface area contributed by atoms with Crippen molar-refractivity contribution in [2.45, 2.75) is 25.2 Å². The Morgan fingerprint density at radius 3 is 2.00 bits per heavy atom. The lowest BCUT2D eigenvalue weighted by Crippen LogP contribution is -2.27. The predicted octanol–water partition coefficient (Wildman–Crippen LogP) is 8.49. The number of hydrogen-bond acceptors (Lipinski definition) is 1. The first-order chi connectivity index (χ1) is 18.2. The monoisotopic (exact) mass is 474 g/mol. The molecule has 0 N–H and O–H groups in total. The van der Waals surface area contributed by atoms with Crippen molar-refractivity contribution in [2.75, 3.05) is 0 Å². The Balaban J connectivity index is 1.56. The van der Waals surface area contributed by atoms with Gasteiger partial charge in [-0.15, -0.1) is 0 Å². The van der Waals surface area contributed by atoms with Crippen molar-refractivity contribution in [3.05, 3.63) is 143 Å². The van der Waals surface area contributed by atoms with Crippen molar-refractivity contribution >= 4 is 11.0 Å². The van der Waals surface area contributed by atoms with Crippen molar-refractivity contribution in [3.8, 4) is 27.9 Å². The zero-order chi connectivity index (χ0) is 24.7. The molecule has 0 amide bonds. The molecule has 0 radical (unpaired) electrons. The Labute approximate surface area is 216 Å². The molecule has 0 bridgehead atoms. The van der Waals surface area contributed by atoms with Crippen LogP contribution in [0.3, 0.4) is 0 Å². The summed E-state index contributed by atoms with van der Waals surface area (Å²) in [6.07, 6.45) is 0. The maximum Gasteiger partial charge on any atom is 0.134 e. The molecule has 5 aromatic carbocycles. The van der Waals surface area contributed by atoms with E-state index >= 15 is 0 Å². The minimum atomic E-state index is -0.451. The maximum atomic E-state index is 5.38. The Morgan fingerprint density at radius 1 is 0.622 bits per heavy atom. The van der Waals surface area contributed by atoms with Crippen LogP contribution < -0.4 is 0 Å². The van der Waals surface area contributed by atoms with E-state index in [2.05, 4.69) is 134 Å². The number of fused-ring (bicyclic) bond motifs is 12. The fourth-order valence-corrected chi connectivity index (χ4v) is 6.78. The van der Waals surface area contributed by atoms with Gasteiger partial charge in [0.15, 0.2) is 0 Å². The second kappa shape index (κ2) is 7.30. The van der Waals surface area contributed by atoms with Gasteiger partial charge in [0.05, 0.1) is 16.7 Å². The van der Waals surface area contributed by atoms with Gasteiger partial charge in [0.25, 0.3) is 0 Å². The zero-order valence-corrected chi connectivity index (χ0v) is 20.9. The highest BCUT2D eigenvalue weighted by Gasteiger charge is 2.54. The van der Waals surface area contributed by atoms with E-state index in [4.69, 9.17) is 4.98 Å². The first kappa shape index (κ1) is 20.7. The average molecular weight is 475 g/mol. The highest BCUT2D eigenvalue weighted by atomic mass is 15.1. The van der Waals surface area contributed by atoms with E-state index in [1.165, 1.54) is 50.2 Å². The largest absolute Gasteiger partial charge is 0.294 e. The molecule has 0 atom stereocenters. The lowest BCUT2D eigenvalue weighted by molar-refractivity contribution is 0.738. The Kier molecular flexibility index (Phi) is 4.09. The van der Waals surface area contributed by atoms with Gasteiger partial charge in [0.1, 0.15) is 11.2 Å². The molecule has 2 heterocycles. The van der Waals surface area contributed by atoms with Gasteiger partial charge in [-0.2, -0.15) is 0 Å². The number of rotatable bonds is 2. The zero-order valence-electron chi connectivity index (χ0n) is 20.9. The number of aromatic nitrogens is 2. The fourth-order valence-electron chi connectivity index (χ4n) is 6.78. The SMILES string of the molecule is CC(C)c1cccc(-c2cccc3c2-n2c(nc4ccccc42)C32c3ccccc3-c3ccccc32)c1. The molecule has 1 aliphatic carbocycles. The maximum absolute atomic E-state index is 5.38. The topological polar surface area (TPSA) is 17.8 Å². The molecular formula is C35H26N2. The summed E-state index contributed by atoms with van der Waals surface area (Å²) in [6.45, 7) is 4.52. The summed E-state index contributed by atoms with van der Waals surface area (Å²) >= 11 is 0. The average Bonchev–Trinajstić information content (AvgIpc) is 3.56. The van der Waals surface area contributed by atoms with E-state index < -0.39 is 5.41 Å². The quantitative estimate of drug-likeness (QED) is 0.246. The molecule has 0 fully saturated rings. The highest BCUT2D eigenvalue weighted by molar-refractivity contribution is 5.94. The number of nitrogens with zero attached hydrogens (tertiary/aromatic N) is 2. The molecule has 176 valence electrons. The molecule has 2 aliphatic rings. The van der Waals surface area contributed by atoms with E-state index in [0.717, 1.165) is 16.9 Å². The summed E-state index contributed by atoms with van der Waals surface area (Å²) in [7, 11) is 0. The van der Waals surface area contributed by atoms with Gasteiger partial charge in [-0.1, -0.05) is 117 Å². The Morgan fingerprint density at radius 2 is 1.24 bits per heavy atom. The van der Waals surface area contributed by atoms with Crippen LogP contribution in [0.5, 0.6) is 0 Å². The standard InChI is InChI=1S/C35H26N2/c1-22(2)23-11-9-12-24(21-23)25-15-10-18-30-33(25)37-32-20-8-7-19-31(32)36-34(37)35(30)28-16-5-3-13-26(28)27-14-4-6-17-29(27)35/h3-22H,1-2H3. The van der Waals surface area contributed by atoms with Crippen molar-refractivity contribution in [2.24, 2.45) is 0 Å². The van der Waals surface area contributed by atoms with Gasteiger partial charge in [0, 0.05) is 5.56 Å². The molecule has 1 aromatic heterocycles. The molecule has 1 aliphatic heterocycles. The summed E-state index contributed by atoms with van der Waals surface area (Å²) in [6, 6.07) is 42.3. The molecule has 37 heavy (non-hydrogen) atoms. The fraction of sp³-hybridized carbons (Fsp3) is 0.114. The summed E-state index contributed by atoms with van der Waals surface area (Å²) in [5.41, 5.74) is 13.4. The van der Waals surface area contributed by atoms with Crippen LogP contribution in [-0.4, -0.2) is 9.55 Å². The lowest BCUT2D eigenvalue weighted by Gasteiger charge is -2.27. The molecule has 8 rings (SSSR count). The van der Waals surface area contributed by atoms with Crippen LogP contribution in [-0.2, 0) is 5.41 Å². The number of para-hydroxylation sites is 3. The van der Waals surface area contributed by atoms with Gasteiger partial charge in [0.2, 0.25) is 0 Å². The lowest BCUT2D eigenvalue weighted by atomic mass is 9.72. The van der Waals surface area contributed by atoms with Crippen LogP contribution in [0.15, 0.2) is 115 Å². The van der Waals surface area contributed by atoms with Crippen molar-refractivity contribution in [3.63, 3.8) is 0 Å². The highest BCUT2D eigenvalue weighted by Crippen LogP contribution is 2.61. The normalized spacial score (nSPS) is 14.1. The van der Waals surface area contributed by atoms with Crippen molar-refractivity contribution < 1.29 is 0 Å². The van der Waals surface area contributed by atoms with Gasteiger partial charge >= 0.3 is 0 Å². The molecular weight excluding hydrogens is 448 g/mol.